The van der Waals surface area contributed by atoms with Crippen LogP contribution in [0.25, 0.3) is 22.3 Å². The normalized spacial score (nSPS) is 20.4. The second-order valence-corrected chi connectivity index (χ2v) is 16.7. The van der Waals surface area contributed by atoms with Crippen LogP contribution in [-0.2, 0) is 4.79 Å². The van der Waals surface area contributed by atoms with E-state index in [0.29, 0.717) is 26.2 Å². The number of pyridine rings is 2. The highest BCUT2D eigenvalue weighted by atomic mass is 19.1. The molecule has 0 spiro atoms. The summed E-state index contributed by atoms with van der Waals surface area (Å²) in [5.74, 6) is 3.79. The second kappa shape index (κ2) is 16.7. The maximum absolute atomic E-state index is 15.1. The molecule has 4 aromatic carbocycles. The van der Waals surface area contributed by atoms with Crippen molar-refractivity contribution >= 4 is 5.78 Å². The standard InChI is InChI=1S/C51H48F2N4O3/c52-29-43(56-23-17-33(18-24-56)49-39-9-1-3-11-45(39)59-47-27-35(13-15-41(47)49)37-7-5-21-54-31-37)51(58)44(30-53)57-25-19-34(20-26-57)50-40-10-2-4-12-46(40)60-48-28-36(14-16-42(48)50)38-8-6-22-55-32-38/h1-16,21-22,27-28,31-34,43-44,49-50H,17-20,23-26,29-30H2. The summed E-state index contributed by atoms with van der Waals surface area (Å²) in [6.07, 6.45) is 10.4. The molecule has 0 aliphatic carbocycles. The fraction of sp³-hybridized carbons (Fsp3) is 0.314. The summed E-state index contributed by atoms with van der Waals surface area (Å²) in [5, 5.41) is 0. The van der Waals surface area contributed by atoms with E-state index in [0.717, 1.165) is 93.2 Å². The van der Waals surface area contributed by atoms with E-state index in [1.54, 1.807) is 12.4 Å². The molecule has 6 aromatic rings. The molecule has 4 aliphatic rings. The zero-order valence-electron chi connectivity index (χ0n) is 33.5. The van der Waals surface area contributed by atoms with Gasteiger partial charge in [0.05, 0.1) is 12.1 Å². The Labute approximate surface area is 350 Å². The Bertz CT molecular complexity index is 2300. The maximum atomic E-state index is 15.1. The van der Waals surface area contributed by atoms with E-state index in [4.69, 9.17) is 9.47 Å². The van der Waals surface area contributed by atoms with Crippen LogP contribution in [0.3, 0.4) is 0 Å². The number of alkyl halides is 2. The minimum atomic E-state index is -0.969. The number of piperidine rings is 2. The minimum Gasteiger partial charge on any atom is -0.457 e. The van der Waals surface area contributed by atoms with Gasteiger partial charge in [-0.1, -0.05) is 72.8 Å². The van der Waals surface area contributed by atoms with Gasteiger partial charge in [0.1, 0.15) is 36.3 Å². The van der Waals surface area contributed by atoms with Gasteiger partial charge in [0.25, 0.3) is 0 Å². The molecule has 2 aromatic heterocycles. The molecule has 4 unspecified atom stereocenters. The average Bonchev–Trinajstić information content (AvgIpc) is 3.31. The summed E-state index contributed by atoms with van der Waals surface area (Å²) in [7, 11) is 0. The van der Waals surface area contributed by atoms with Gasteiger partial charge < -0.3 is 9.47 Å². The van der Waals surface area contributed by atoms with Gasteiger partial charge in [0.15, 0.2) is 5.78 Å². The third-order valence-electron chi connectivity index (χ3n) is 13.6. The summed E-state index contributed by atoms with van der Waals surface area (Å²) >= 11 is 0. The number of carbonyl (C=O) groups excluding carboxylic acids is 1. The van der Waals surface area contributed by atoms with E-state index in [9.17, 15) is 4.79 Å². The predicted molar refractivity (Wildman–Crippen MR) is 229 cm³/mol. The number of benzene rings is 4. The van der Waals surface area contributed by atoms with Gasteiger partial charge >= 0.3 is 0 Å². The first kappa shape index (κ1) is 38.4. The molecule has 4 atom stereocenters. The number of fused-ring (bicyclic) bond motifs is 4. The summed E-state index contributed by atoms with van der Waals surface area (Å²) in [5.41, 5.74) is 8.72. The van der Waals surface area contributed by atoms with E-state index >= 15 is 8.78 Å². The van der Waals surface area contributed by atoms with Gasteiger partial charge in [-0.2, -0.15) is 0 Å². The first-order valence-corrected chi connectivity index (χ1v) is 21.3. The summed E-state index contributed by atoms with van der Waals surface area (Å²) < 4.78 is 43.1. The van der Waals surface area contributed by atoms with Crippen molar-refractivity contribution in [3.05, 3.63) is 156 Å². The number of hydrogen-bond donors (Lipinski definition) is 0. The number of ketones is 1. The number of nitrogens with zero attached hydrogens (tertiary/aromatic N) is 4. The van der Waals surface area contributed by atoms with Crippen LogP contribution in [0.2, 0.25) is 0 Å². The zero-order chi connectivity index (χ0) is 40.6. The topological polar surface area (TPSA) is 67.8 Å². The maximum Gasteiger partial charge on any atom is 0.172 e. The molecule has 0 radical (unpaired) electrons. The first-order valence-electron chi connectivity index (χ1n) is 21.3. The highest BCUT2D eigenvalue weighted by Gasteiger charge is 2.42. The average molecular weight is 803 g/mol. The molecule has 7 nitrogen and oxygen atoms in total. The van der Waals surface area contributed by atoms with Crippen molar-refractivity contribution in [3.8, 4) is 45.3 Å². The van der Waals surface area contributed by atoms with E-state index in [2.05, 4.69) is 70.6 Å². The number of para-hydroxylation sites is 2. The highest BCUT2D eigenvalue weighted by Crippen LogP contribution is 2.52. The first-order chi connectivity index (χ1) is 29.6. The molecule has 0 bridgehead atoms. The predicted octanol–water partition coefficient (Wildman–Crippen LogP) is 10.7. The van der Waals surface area contributed by atoms with Gasteiger partial charge in [-0.05, 0) is 111 Å². The molecule has 60 heavy (non-hydrogen) atoms. The lowest BCUT2D eigenvalue weighted by Gasteiger charge is -2.43. The molecule has 6 heterocycles. The van der Waals surface area contributed by atoms with Gasteiger partial charge in [-0.15, -0.1) is 0 Å². The number of carbonyl (C=O) groups is 1. The Hall–Kier alpha value is -5.77. The summed E-state index contributed by atoms with van der Waals surface area (Å²) in [6.45, 7) is 0.624. The molecule has 4 aliphatic heterocycles. The van der Waals surface area contributed by atoms with Crippen LogP contribution in [-0.4, -0.2) is 77.2 Å². The number of Topliss-reactive ketones (excluding diaryl/α,β-unsaturated/α-hetero) is 1. The SMILES string of the molecule is O=C(C(CF)N1CCC(C2c3ccccc3Oc3cc(-c4cccnc4)ccc32)CC1)C(CF)N1CCC(C2c3ccccc3Oc3cc(-c4cccnc4)ccc32)CC1. The van der Waals surface area contributed by atoms with E-state index in [-0.39, 0.29) is 29.5 Å². The Morgan fingerprint density at radius 1 is 0.533 bits per heavy atom. The molecule has 0 saturated carbocycles. The lowest BCUT2D eigenvalue weighted by molar-refractivity contribution is -0.132. The Morgan fingerprint density at radius 2 is 0.950 bits per heavy atom. The van der Waals surface area contributed by atoms with E-state index < -0.39 is 25.4 Å². The van der Waals surface area contributed by atoms with Crippen LogP contribution >= 0.6 is 0 Å². The number of hydrogen-bond acceptors (Lipinski definition) is 7. The smallest absolute Gasteiger partial charge is 0.172 e. The zero-order valence-corrected chi connectivity index (χ0v) is 33.5. The van der Waals surface area contributed by atoms with Crippen molar-refractivity contribution in [2.24, 2.45) is 11.8 Å². The van der Waals surface area contributed by atoms with Crippen LogP contribution < -0.4 is 9.47 Å². The number of halogens is 2. The monoisotopic (exact) mass is 802 g/mol. The molecule has 0 amide bonds. The summed E-state index contributed by atoms with van der Waals surface area (Å²) in [6, 6.07) is 35.3. The molecular formula is C51H48F2N4O3. The Kier molecular flexibility index (Phi) is 10.7. The second-order valence-electron chi connectivity index (χ2n) is 16.7. The summed E-state index contributed by atoms with van der Waals surface area (Å²) in [4.78, 5) is 26.8. The number of likely N-dealkylation sites (tertiary alicyclic amines) is 2. The van der Waals surface area contributed by atoms with E-state index in [1.165, 1.54) is 0 Å². The molecule has 0 N–H and O–H groups in total. The van der Waals surface area contributed by atoms with Gasteiger partial charge in [0.2, 0.25) is 0 Å². The third kappa shape index (κ3) is 7.17. The lowest BCUT2D eigenvalue weighted by Crippen LogP contribution is -2.56. The number of rotatable bonds is 10. The molecule has 304 valence electrons. The van der Waals surface area contributed by atoms with Crippen molar-refractivity contribution < 1.29 is 23.0 Å². The van der Waals surface area contributed by atoms with Gasteiger partial charge in [-0.3, -0.25) is 24.6 Å². The van der Waals surface area contributed by atoms with Crippen LogP contribution in [0.1, 0.15) is 59.8 Å². The highest BCUT2D eigenvalue weighted by molar-refractivity contribution is 5.89. The van der Waals surface area contributed by atoms with Crippen LogP contribution in [0.5, 0.6) is 23.0 Å². The molecule has 2 fully saturated rings. The lowest BCUT2D eigenvalue weighted by atomic mass is 9.74. The van der Waals surface area contributed by atoms with E-state index in [1.807, 2.05) is 70.7 Å². The van der Waals surface area contributed by atoms with Crippen LogP contribution in [0.4, 0.5) is 8.78 Å². The van der Waals surface area contributed by atoms with Crippen LogP contribution in [0.15, 0.2) is 134 Å². The van der Waals surface area contributed by atoms with Crippen molar-refractivity contribution in [2.45, 2.75) is 49.6 Å². The van der Waals surface area contributed by atoms with Gasteiger partial charge in [0, 0.05) is 70.0 Å². The van der Waals surface area contributed by atoms with Crippen molar-refractivity contribution in [3.63, 3.8) is 0 Å². The molecule has 9 heteroatoms. The van der Waals surface area contributed by atoms with Crippen LogP contribution in [0, 0.1) is 11.8 Å². The van der Waals surface area contributed by atoms with Crippen molar-refractivity contribution in [1.82, 2.24) is 19.8 Å². The number of ether oxygens (including phenoxy) is 2. The fourth-order valence-electron chi connectivity index (χ4n) is 10.5. The molecule has 2 saturated heterocycles. The number of aromatic nitrogens is 2. The Morgan fingerprint density at radius 3 is 1.35 bits per heavy atom. The Balaban J connectivity index is 0.820. The van der Waals surface area contributed by atoms with Gasteiger partial charge in [-0.25, -0.2) is 8.78 Å². The third-order valence-corrected chi connectivity index (χ3v) is 13.6. The van der Waals surface area contributed by atoms with Crippen molar-refractivity contribution in [2.75, 3.05) is 39.5 Å². The minimum absolute atomic E-state index is 0.104. The quantitative estimate of drug-likeness (QED) is 0.137. The fourth-order valence-corrected chi connectivity index (χ4v) is 10.5. The largest absolute Gasteiger partial charge is 0.457 e. The molecule has 10 rings (SSSR count). The van der Waals surface area contributed by atoms with Crippen molar-refractivity contribution in [1.29, 1.82) is 0 Å². The molecular weight excluding hydrogens is 755 g/mol.